The maximum atomic E-state index is 11.1. The zero-order chi connectivity index (χ0) is 17.9. The fraction of sp³-hybridized carbons (Fsp3) is 0.545. The lowest BCUT2D eigenvalue weighted by Gasteiger charge is -2.21. The number of rotatable bonds is 11. The number of H-pyrrole nitrogens is 1. The highest BCUT2D eigenvalue weighted by Crippen LogP contribution is 2.01. The molecule has 1 rings (SSSR count). The van der Waals surface area contributed by atoms with Gasteiger partial charge in [0.2, 0.25) is 0 Å². The quantitative estimate of drug-likeness (QED) is 0.174. The van der Waals surface area contributed by atoms with E-state index in [1.165, 1.54) is 0 Å². The van der Waals surface area contributed by atoms with Crippen LogP contribution >= 0.6 is 12.2 Å². The van der Waals surface area contributed by atoms with Gasteiger partial charge in [0, 0.05) is 19.3 Å². The molecular weight excluding hydrogens is 344 g/mol. The minimum atomic E-state index is -1.25. The van der Waals surface area contributed by atoms with Gasteiger partial charge >= 0.3 is 11.9 Å². The summed E-state index contributed by atoms with van der Waals surface area (Å²) >= 11 is 4.96. The molecule has 0 aliphatic rings. The third-order valence-corrected chi connectivity index (χ3v) is 3.02. The first-order chi connectivity index (χ1) is 11.4. The number of aromatic nitrogens is 4. The molecule has 0 aromatic carbocycles. The van der Waals surface area contributed by atoms with E-state index in [0.29, 0.717) is 12.2 Å². The van der Waals surface area contributed by atoms with E-state index in [2.05, 4.69) is 31.3 Å². The molecule has 24 heavy (non-hydrogen) atoms. The molecule has 2 atom stereocenters. The summed E-state index contributed by atoms with van der Waals surface area (Å²) < 4.78 is 4.80. The Kier molecular flexibility index (Phi) is 8.04. The first kappa shape index (κ1) is 19.2. The Bertz CT molecular complexity index is 567. The van der Waals surface area contributed by atoms with Gasteiger partial charge in [-0.05, 0) is 18.6 Å². The van der Waals surface area contributed by atoms with Gasteiger partial charge in [-0.25, -0.2) is 4.79 Å². The molecule has 0 amide bonds. The minimum Gasteiger partial charge on any atom is -0.481 e. The molecule has 0 saturated heterocycles. The second-order valence-corrected chi connectivity index (χ2v) is 4.94. The number of carboxylic acids is 2. The number of aryl methyl sites for hydroxylation is 1. The Morgan fingerprint density at radius 2 is 2.08 bits per heavy atom. The Hall–Kier alpha value is -2.83. The third kappa shape index (κ3) is 7.44. The monoisotopic (exact) mass is 360 g/mol. The van der Waals surface area contributed by atoms with Crippen LogP contribution in [0.2, 0.25) is 0 Å². The van der Waals surface area contributed by atoms with Gasteiger partial charge in [-0.15, -0.1) is 10.2 Å². The van der Waals surface area contributed by atoms with Gasteiger partial charge in [-0.3, -0.25) is 9.59 Å². The molecule has 0 aliphatic carbocycles. The molecule has 1 heterocycles. The average Bonchev–Trinajstić information content (AvgIpc) is 3.02. The lowest BCUT2D eigenvalue weighted by Crippen LogP contribution is -2.49. The second kappa shape index (κ2) is 10.0. The number of carbonyl (C=O) groups excluding carboxylic acids is 1. The standard InChI is InChI=1S/C11H16N6O6S/c18-5-23-8(3-2-7-14-16-17-15-7)13-11(24)12-6(10(21)22)1-4-9(19)20/h5-6,8H,1-4H2,(H,19,20)(H,21,22)(H2,12,13,24)(H,14,15,16,17)/t6-,8+/m0/s1. The van der Waals surface area contributed by atoms with Crippen molar-refractivity contribution in [2.45, 2.75) is 38.0 Å². The minimum absolute atomic E-state index is 0.0900. The molecule has 0 bridgehead atoms. The largest absolute Gasteiger partial charge is 0.481 e. The summed E-state index contributed by atoms with van der Waals surface area (Å²) in [4.78, 5) is 32.1. The molecule has 0 aliphatic heterocycles. The van der Waals surface area contributed by atoms with Crippen molar-refractivity contribution in [2.24, 2.45) is 0 Å². The number of nitrogens with one attached hydrogen (secondary N) is 3. The van der Waals surface area contributed by atoms with Crippen molar-refractivity contribution < 1.29 is 29.3 Å². The smallest absolute Gasteiger partial charge is 0.326 e. The van der Waals surface area contributed by atoms with E-state index in [0.717, 1.165) is 0 Å². The van der Waals surface area contributed by atoms with E-state index in [9.17, 15) is 14.4 Å². The molecule has 13 heteroatoms. The number of aromatic amines is 1. The van der Waals surface area contributed by atoms with Gasteiger partial charge in [0.25, 0.3) is 6.47 Å². The van der Waals surface area contributed by atoms with Crippen molar-refractivity contribution in [1.82, 2.24) is 31.3 Å². The number of tetrazole rings is 1. The first-order valence-electron chi connectivity index (χ1n) is 6.75. The number of hydrogen-bond donors (Lipinski definition) is 5. The lowest BCUT2D eigenvalue weighted by atomic mass is 10.1. The number of nitrogens with zero attached hydrogens (tertiary/aromatic N) is 3. The van der Waals surface area contributed by atoms with E-state index >= 15 is 0 Å². The third-order valence-electron chi connectivity index (χ3n) is 2.78. The highest BCUT2D eigenvalue weighted by Gasteiger charge is 2.21. The van der Waals surface area contributed by atoms with Gasteiger partial charge in [-0.2, -0.15) is 5.21 Å². The Balaban J connectivity index is 2.51. The number of carboxylic acid groups (broad SMARTS) is 2. The molecule has 5 N–H and O–H groups in total. The predicted octanol–water partition coefficient (Wildman–Crippen LogP) is -1.59. The number of ether oxygens (including phenoxy) is 1. The molecule has 12 nitrogen and oxygen atoms in total. The zero-order valence-corrected chi connectivity index (χ0v) is 13.2. The van der Waals surface area contributed by atoms with Crippen molar-refractivity contribution in [1.29, 1.82) is 0 Å². The summed E-state index contributed by atoms with van der Waals surface area (Å²) in [7, 11) is 0. The summed E-state index contributed by atoms with van der Waals surface area (Å²) in [6.07, 6.45) is -0.749. The van der Waals surface area contributed by atoms with E-state index in [-0.39, 0.29) is 30.8 Å². The molecule has 0 fully saturated rings. The fourth-order valence-electron chi connectivity index (χ4n) is 1.66. The van der Waals surface area contributed by atoms with E-state index < -0.39 is 24.2 Å². The van der Waals surface area contributed by atoms with Crippen molar-refractivity contribution >= 4 is 35.7 Å². The summed E-state index contributed by atoms with van der Waals surface area (Å²) in [5.41, 5.74) is 0. The van der Waals surface area contributed by atoms with Crippen molar-refractivity contribution in [3.05, 3.63) is 5.82 Å². The highest BCUT2D eigenvalue weighted by atomic mass is 32.1. The number of hydrogen-bond acceptors (Lipinski definition) is 8. The maximum Gasteiger partial charge on any atom is 0.326 e. The van der Waals surface area contributed by atoms with Crippen LogP contribution < -0.4 is 10.6 Å². The van der Waals surface area contributed by atoms with Crippen LogP contribution in [0.1, 0.15) is 25.1 Å². The van der Waals surface area contributed by atoms with Crippen LogP contribution in [0.4, 0.5) is 0 Å². The van der Waals surface area contributed by atoms with Crippen LogP contribution in [-0.4, -0.2) is 66.6 Å². The fourth-order valence-corrected chi connectivity index (χ4v) is 1.93. The molecule has 0 unspecified atom stereocenters. The van der Waals surface area contributed by atoms with Crippen molar-refractivity contribution in [3.8, 4) is 0 Å². The number of thiocarbonyl (C=S) groups is 1. The summed E-state index contributed by atoms with van der Waals surface area (Å²) in [6.45, 7) is 0.218. The van der Waals surface area contributed by atoms with Crippen molar-refractivity contribution in [3.63, 3.8) is 0 Å². The molecule has 0 spiro atoms. The first-order valence-corrected chi connectivity index (χ1v) is 7.16. The normalized spacial score (nSPS) is 12.7. The molecule has 0 saturated carbocycles. The zero-order valence-electron chi connectivity index (χ0n) is 12.3. The molecule has 1 aromatic heterocycles. The van der Waals surface area contributed by atoms with Gasteiger partial charge < -0.3 is 25.6 Å². The Morgan fingerprint density at radius 1 is 1.33 bits per heavy atom. The number of carbonyl (C=O) groups is 3. The van der Waals surface area contributed by atoms with E-state index in [1.807, 2.05) is 0 Å². The molecule has 0 radical (unpaired) electrons. The van der Waals surface area contributed by atoms with Crippen molar-refractivity contribution in [2.75, 3.05) is 0 Å². The van der Waals surface area contributed by atoms with Crippen LogP contribution in [0.15, 0.2) is 0 Å². The van der Waals surface area contributed by atoms with Crippen LogP contribution in [0.3, 0.4) is 0 Å². The topological polar surface area (TPSA) is 179 Å². The van der Waals surface area contributed by atoms with Crippen LogP contribution in [0.5, 0.6) is 0 Å². The van der Waals surface area contributed by atoms with E-state index in [4.69, 9.17) is 27.2 Å². The summed E-state index contributed by atoms with van der Waals surface area (Å²) in [6, 6.07) is -1.19. The highest BCUT2D eigenvalue weighted by molar-refractivity contribution is 7.80. The summed E-state index contributed by atoms with van der Waals surface area (Å²) in [5.74, 6) is -1.97. The van der Waals surface area contributed by atoms with Gasteiger partial charge in [0.05, 0.1) is 0 Å². The number of aliphatic carboxylic acids is 2. The van der Waals surface area contributed by atoms with Crippen LogP contribution in [0, 0.1) is 0 Å². The Labute approximate surface area is 140 Å². The summed E-state index contributed by atoms with van der Waals surface area (Å²) in [5, 5.41) is 35.8. The SMILES string of the molecule is O=CO[C@H](CCc1nn[nH]n1)NC(=S)N[C@@H](CCC(=O)O)C(=O)O. The lowest BCUT2D eigenvalue weighted by molar-refractivity contribution is -0.140. The second-order valence-electron chi connectivity index (χ2n) is 4.53. The predicted molar refractivity (Wildman–Crippen MR) is 80.6 cm³/mol. The van der Waals surface area contributed by atoms with Crippen LogP contribution in [-0.2, 0) is 25.5 Å². The maximum absolute atomic E-state index is 11.1. The molecule has 1 aromatic rings. The Morgan fingerprint density at radius 3 is 2.62 bits per heavy atom. The van der Waals surface area contributed by atoms with Gasteiger partial charge in [-0.1, -0.05) is 5.21 Å². The van der Waals surface area contributed by atoms with Gasteiger partial charge in [0.15, 0.2) is 17.2 Å². The molecular formula is C11H16N6O6S. The van der Waals surface area contributed by atoms with Gasteiger partial charge in [0.1, 0.15) is 6.04 Å². The van der Waals surface area contributed by atoms with E-state index in [1.54, 1.807) is 0 Å². The molecule has 132 valence electrons. The van der Waals surface area contributed by atoms with Crippen LogP contribution in [0.25, 0.3) is 0 Å². The average molecular weight is 360 g/mol.